The largest absolute Gasteiger partial charge is 0.493 e. The minimum atomic E-state index is 0.491. The first-order valence-electron chi connectivity index (χ1n) is 11.7. The average Bonchev–Trinajstić information content (AvgIpc) is 2.94. The van der Waals surface area contributed by atoms with Crippen LogP contribution in [0.2, 0.25) is 0 Å². The van der Waals surface area contributed by atoms with Gasteiger partial charge in [-0.05, 0) is 53.6 Å². The summed E-state index contributed by atoms with van der Waals surface area (Å²) in [4.78, 5) is 0. The van der Waals surface area contributed by atoms with Crippen LogP contribution in [0, 0.1) is 0 Å². The van der Waals surface area contributed by atoms with Crippen molar-refractivity contribution in [2.75, 3.05) is 49.2 Å². The van der Waals surface area contributed by atoms with Crippen LogP contribution < -0.4 is 38.7 Å². The molecule has 8 heteroatoms. The highest BCUT2D eigenvalue weighted by Crippen LogP contribution is 2.39. The minimum absolute atomic E-state index is 0.491. The molecule has 0 saturated heterocycles. The van der Waals surface area contributed by atoms with Crippen molar-refractivity contribution < 1.29 is 33.0 Å². The highest BCUT2D eigenvalue weighted by atomic mass is 16.5. The second-order valence-corrected chi connectivity index (χ2v) is 7.90. The van der Waals surface area contributed by atoms with Gasteiger partial charge < -0.3 is 34.2 Å². The van der Waals surface area contributed by atoms with E-state index in [4.69, 9.17) is 34.2 Å². The Hall–Kier alpha value is -4.17. The average molecular weight is 508 g/mol. The standard InChI is InChI=1S/C29H35N2O6/c1-32-24-16-20(17-25(33-2)28(24)36-5)10-12-22-8-7-9-23(31(22)15-14-30)13-11-21-18-26(34-3)29(37-6)27(19-21)35-4/h7-13,16-19H,14-15,30H2,1-6H3/q+1/b12-10+,13-11+. The Labute approximate surface area is 218 Å². The van der Waals surface area contributed by atoms with Gasteiger partial charge in [0.15, 0.2) is 29.5 Å². The third kappa shape index (κ3) is 6.34. The summed E-state index contributed by atoms with van der Waals surface area (Å²) in [5.74, 6) is 3.49. The van der Waals surface area contributed by atoms with E-state index in [1.807, 2.05) is 66.8 Å². The molecule has 0 atom stereocenters. The summed E-state index contributed by atoms with van der Waals surface area (Å²) in [7, 11) is 9.58. The molecule has 0 spiro atoms. The summed E-state index contributed by atoms with van der Waals surface area (Å²) < 4.78 is 34.9. The van der Waals surface area contributed by atoms with Crippen LogP contribution in [0.15, 0.2) is 42.5 Å². The van der Waals surface area contributed by atoms with E-state index in [2.05, 4.69) is 4.57 Å². The van der Waals surface area contributed by atoms with E-state index in [1.54, 1.807) is 42.7 Å². The monoisotopic (exact) mass is 507 g/mol. The van der Waals surface area contributed by atoms with Crippen molar-refractivity contribution in [2.24, 2.45) is 5.73 Å². The van der Waals surface area contributed by atoms with Crippen molar-refractivity contribution in [3.63, 3.8) is 0 Å². The number of pyridine rings is 1. The Morgan fingerprint density at radius 3 is 1.27 bits per heavy atom. The predicted molar refractivity (Wildman–Crippen MR) is 146 cm³/mol. The van der Waals surface area contributed by atoms with E-state index in [0.29, 0.717) is 47.6 Å². The molecule has 0 radical (unpaired) electrons. The Bertz CT molecular complexity index is 1130. The minimum Gasteiger partial charge on any atom is -0.493 e. The zero-order chi connectivity index (χ0) is 26.8. The summed E-state index contributed by atoms with van der Waals surface area (Å²) >= 11 is 0. The normalized spacial score (nSPS) is 11.1. The zero-order valence-electron chi connectivity index (χ0n) is 22.2. The fraction of sp³-hybridized carbons (Fsp3) is 0.276. The van der Waals surface area contributed by atoms with Gasteiger partial charge in [0, 0.05) is 24.3 Å². The number of hydrogen-bond acceptors (Lipinski definition) is 7. The first-order chi connectivity index (χ1) is 18.0. The molecule has 1 heterocycles. The first kappa shape index (κ1) is 27.4. The summed E-state index contributed by atoms with van der Waals surface area (Å²) in [5.41, 5.74) is 9.77. The van der Waals surface area contributed by atoms with E-state index in [1.165, 1.54) is 0 Å². The molecule has 1 aromatic heterocycles. The molecule has 0 aliphatic rings. The van der Waals surface area contributed by atoms with E-state index in [9.17, 15) is 0 Å². The van der Waals surface area contributed by atoms with Gasteiger partial charge in [0.2, 0.25) is 22.9 Å². The van der Waals surface area contributed by atoms with Crippen molar-refractivity contribution >= 4 is 24.3 Å². The summed E-state index contributed by atoms with van der Waals surface area (Å²) in [6.07, 6.45) is 8.07. The number of nitrogens with zero attached hydrogens (tertiary/aromatic N) is 1. The van der Waals surface area contributed by atoms with Crippen LogP contribution in [-0.4, -0.2) is 49.2 Å². The van der Waals surface area contributed by atoms with Gasteiger partial charge in [-0.1, -0.05) is 0 Å². The predicted octanol–water partition coefficient (Wildman–Crippen LogP) is 4.33. The molecule has 0 bridgehead atoms. The SMILES string of the molecule is COc1cc(/C=C/c2cccc(/C=C/c3cc(OC)c(OC)c(OC)c3)[n+]2CCN)cc(OC)c1OC. The molecule has 0 saturated carbocycles. The van der Waals surface area contributed by atoms with Crippen molar-refractivity contribution in [1.29, 1.82) is 0 Å². The third-order valence-electron chi connectivity index (χ3n) is 5.78. The molecule has 37 heavy (non-hydrogen) atoms. The van der Waals surface area contributed by atoms with Crippen LogP contribution in [0.4, 0.5) is 0 Å². The third-order valence-corrected chi connectivity index (χ3v) is 5.78. The van der Waals surface area contributed by atoms with E-state index in [0.717, 1.165) is 22.5 Å². The molecule has 2 aromatic carbocycles. The van der Waals surface area contributed by atoms with Gasteiger partial charge in [0.1, 0.15) is 0 Å². The molecule has 8 nitrogen and oxygen atoms in total. The molecule has 3 aromatic rings. The molecule has 0 fully saturated rings. The van der Waals surface area contributed by atoms with E-state index < -0.39 is 0 Å². The van der Waals surface area contributed by atoms with Crippen LogP contribution in [-0.2, 0) is 6.54 Å². The van der Waals surface area contributed by atoms with Crippen molar-refractivity contribution in [2.45, 2.75) is 6.54 Å². The molecule has 3 rings (SSSR count). The Balaban J connectivity index is 1.99. The lowest BCUT2D eigenvalue weighted by molar-refractivity contribution is -0.697. The lowest BCUT2D eigenvalue weighted by atomic mass is 10.1. The maximum Gasteiger partial charge on any atom is 0.205 e. The van der Waals surface area contributed by atoms with Gasteiger partial charge in [-0.3, -0.25) is 0 Å². The van der Waals surface area contributed by atoms with Gasteiger partial charge in [0.25, 0.3) is 0 Å². The smallest absolute Gasteiger partial charge is 0.205 e. The fourth-order valence-corrected chi connectivity index (χ4v) is 4.01. The summed E-state index contributed by atoms with van der Waals surface area (Å²) in [5, 5.41) is 0. The van der Waals surface area contributed by atoms with Crippen molar-refractivity contribution in [1.82, 2.24) is 0 Å². The number of nitrogens with two attached hydrogens (primary N) is 1. The number of methoxy groups -OCH3 is 6. The molecule has 0 aliphatic carbocycles. The molecular weight excluding hydrogens is 472 g/mol. The van der Waals surface area contributed by atoms with Gasteiger partial charge >= 0.3 is 0 Å². The quantitative estimate of drug-likeness (QED) is 0.365. The highest BCUT2D eigenvalue weighted by Gasteiger charge is 2.15. The van der Waals surface area contributed by atoms with Crippen LogP contribution in [0.1, 0.15) is 22.5 Å². The van der Waals surface area contributed by atoms with Crippen LogP contribution in [0.25, 0.3) is 24.3 Å². The first-order valence-corrected chi connectivity index (χ1v) is 11.7. The number of hydrogen-bond donors (Lipinski definition) is 1. The van der Waals surface area contributed by atoms with Crippen LogP contribution >= 0.6 is 0 Å². The van der Waals surface area contributed by atoms with E-state index in [-0.39, 0.29) is 0 Å². The number of aromatic nitrogens is 1. The molecule has 0 amide bonds. The van der Waals surface area contributed by atoms with Crippen molar-refractivity contribution in [3.05, 3.63) is 65.0 Å². The van der Waals surface area contributed by atoms with Crippen molar-refractivity contribution in [3.8, 4) is 34.5 Å². The number of rotatable bonds is 12. The Morgan fingerprint density at radius 1 is 0.595 bits per heavy atom. The van der Waals surface area contributed by atoms with Crippen LogP contribution in [0.5, 0.6) is 34.5 Å². The van der Waals surface area contributed by atoms with Gasteiger partial charge in [-0.25, -0.2) is 0 Å². The molecular formula is C29H35N2O6+. The maximum absolute atomic E-state index is 5.97. The lowest BCUT2D eigenvalue weighted by Crippen LogP contribution is -2.43. The van der Waals surface area contributed by atoms with E-state index >= 15 is 0 Å². The Morgan fingerprint density at radius 2 is 0.973 bits per heavy atom. The van der Waals surface area contributed by atoms with Crippen LogP contribution in [0.3, 0.4) is 0 Å². The summed E-state index contributed by atoms with van der Waals surface area (Å²) in [6, 6.07) is 13.7. The fourth-order valence-electron chi connectivity index (χ4n) is 4.01. The molecule has 0 aliphatic heterocycles. The second kappa shape index (κ2) is 13.2. The molecule has 196 valence electrons. The number of ether oxygens (including phenoxy) is 6. The summed E-state index contributed by atoms with van der Waals surface area (Å²) in [6.45, 7) is 1.13. The molecule has 0 unspecified atom stereocenters. The topological polar surface area (TPSA) is 85.3 Å². The maximum atomic E-state index is 5.97. The lowest BCUT2D eigenvalue weighted by Gasteiger charge is -2.13. The Kier molecular flexibility index (Phi) is 9.80. The number of benzene rings is 2. The van der Waals surface area contributed by atoms with Gasteiger partial charge in [-0.2, -0.15) is 4.57 Å². The van der Waals surface area contributed by atoms with Gasteiger partial charge in [-0.15, -0.1) is 0 Å². The molecule has 2 N–H and O–H groups in total. The zero-order valence-corrected chi connectivity index (χ0v) is 22.2. The second-order valence-electron chi connectivity index (χ2n) is 7.90. The highest BCUT2D eigenvalue weighted by molar-refractivity contribution is 5.73. The van der Waals surface area contributed by atoms with Gasteiger partial charge in [0.05, 0.1) is 49.2 Å².